The van der Waals surface area contributed by atoms with Gasteiger partial charge in [0.2, 0.25) is 11.8 Å². The van der Waals surface area contributed by atoms with Crippen LogP contribution in [0.1, 0.15) is 25.7 Å². The summed E-state index contributed by atoms with van der Waals surface area (Å²) in [5.74, 6) is 5.18. The molecule has 2 heterocycles. The van der Waals surface area contributed by atoms with E-state index >= 15 is 0 Å². The van der Waals surface area contributed by atoms with E-state index in [-0.39, 0.29) is 48.7 Å². The van der Waals surface area contributed by atoms with E-state index < -0.39 is 0 Å². The smallest absolute Gasteiger partial charge is 0.224 e. The summed E-state index contributed by atoms with van der Waals surface area (Å²) in [5, 5.41) is 7.51. The highest BCUT2D eigenvalue weighted by Gasteiger charge is 2.15. The van der Waals surface area contributed by atoms with Crippen molar-refractivity contribution in [3.05, 3.63) is 93.2 Å². The minimum Gasteiger partial charge on any atom is -0.479 e. The van der Waals surface area contributed by atoms with Gasteiger partial charge in [-0.15, -0.1) is 12.8 Å². The monoisotopic (exact) mass is 638 g/mol. The highest BCUT2D eigenvalue weighted by Crippen LogP contribution is 2.29. The zero-order valence-corrected chi connectivity index (χ0v) is 25.8. The van der Waals surface area contributed by atoms with E-state index in [1.165, 1.54) is 0 Å². The van der Waals surface area contributed by atoms with Crippen molar-refractivity contribution in [2.75, 3.05) is 23.8 Å². The fraction of sp³-hybridized carbons (Fsp3) is 0.158. The van der Waals surface area contributed by atoms with Gasteiger partial charge in [0.05, 0.1) is 33.4 Å². The molecule has 0 bridgehead atoms. The second kappa shape index (κ2) is 13.9. The molecule has 0 fully saturated rings. The Bertz CT molecular complexity index is 2260. The Hall–Kier alpha value is -6.52. The second-order valence-electron chi connectivity index (χ2n) is 11.0. The highest BCUT2D eigenvalue weighted by atomic mass is 16.5. The van der Waals surface area contributed by atoms with Crippen LogP contribution in [0, 0.1) is 24.7 Å². The lowest BCUT2D eigenvalue weighted by Gasteiger charge is -2.12. The number of anilines is 2. The summed E-state index contributed by atoms with van der Waals surface area (Å²) in [6.07, 6.45) is 11.9. The average Bonchev–Trinajstić information content (AvgIpc) is 3.09. The molecule has 2 amide bonds. The van der Waals surface area contributed by atoms with E-state index in [1.54, 1.807) is 72.8 Å². The molecule has 2 aromatic heterocycles. The third-order valence-electron chi connectivity index (χ3n) is 7.89. The lowest BCUT2D eigenvalue weighted by Crippen LogP contribution is -2.15. The van der Waals surface area contributed by atoms with Crippen molar-refractivity contribution < 1.29 is 19.1 Å². The number of pyridine rings is 2. The minimum absolute atomic E-state index is 0.0399. The van der Waals surface area contributed by atoms with Crippen molar-refractivity contribution in [2.45, 2.75) is 25.7 Å². The zero-order chi connectivity index (χ0) is 33.6. The number of aromatic nitrogens is 2. The number of unbranched alkanes of at least 4 members (excludes halogenated alkanes) is 1. The zero-order valence-electron chi connectivity index (χ0n) is 25.8. The molecule has 238 valence electrons. The number of para-hydroxylation sites is 4. The lowest BCUT2D eigenvalue weighted by molar-refractivity contribution is -0.118. The Labute approximate surface area is 274 Å². The number of terminal acetylenes is 2. The molecule has 6 rings (SSSR count). The molecular formula is C38H30N4O6. The van der Waals surface area contributed by atoms with Crippen molar-refractivity contribution in [2.24, 2.45) is 0 Å². The van der Waals surface area contributed by atoms with Crippen LogP contribution in [0.2, 0.25) is 0 Å². The fourth-order valence-electron chi connectivity index (χ4n) is 5.68. The number of nitrogens with one attached hydrogen (secondary N) is 4. The van der Waals surface area contributed by atoms with Crippen LogP contribution in [-0.2, 0) is 9.59 Å². The molecule has 0 aliphatic rings. The number of hydrogen-bond donors (Lipinski definition) is 4. The van der Waals surface area contributed by atoms with E-state index in [0.29, 0.717) is 79.3 Å². The quantitative estimate of drug-likeness (QED) is 0.0799. The van der Waals surface area contributed by atoms with Gasteiger partial charge < -0.3 is 30.1 Å². The molecule has 0 spiro atoms. The van der Waals surface area contributed by atoms with Gasteiger partial charge in [-0.1, -0.05) is 36.1 Å². The topological polar surface area (TPSA) is 142 Å². The summed E-state index contributed by atoms with van der Waals surface area (Å²) >= 11 is 0. The van der Waals surface area contributed by atoms with Crippen LogP contribution >= 0.6 is 0 Å². The number of amides is 2. The Morgan fingerprint density at radius 1 is 0.583 bits per heavy atom. The van der Waals surface area contributed by atoms with Crippen molar-refractivity contribution in [1.82, 2.24) is 9.97 Å². The maximum absolute atomic E-state index is 13.3. The lowest BCUT2D eigenvalue weighted by atomic mass is 10.1. The van der Waals surface area contributed by atoms with Crippen molar-refractivity contribution >= 4 is 66.8 Å². The Morgan fingerprint density at radius 3 is 1.35 bits per heavy atom. The largest absolute Gasteiger partial charge is 0.479 e. The third kappa shape index (κ3) is 6.28. The summed E-state index contributed by atoms with van der Waals surface area (Å²) in [4.78, 5) is 58.9. The molecule has 0 atom stereocenters. The van der Waals surface area contributed by atoms with E-state index in [9.17, 15) is 19.2 Å². The van der Waals surface area contributed by atoms with E-state index in [0.717, 1.165) is 0 Å². The van der Waals surface area contributed by atoms with Crippen LogP contribution < -0.4 is 31.0 Å². The molecular weight excluding hydrogens is 608 g/mol. The maximum Gasteiger partial charge on any atom is 0.224 e. The van der Waals surface area contributed by atoms with Crippen LogP contribution in [0.4, 0.5) is 11.4 Å². The molecule has 4 N–H and O–H groups in total. The standard InChI is InChI=1S/C38H30N4O6/c1-3-21-47-29-17-9-13-25-35(29)41-33-23(37(25)45)11-7-15-27(33)39-31(43)19-5-6-20-32(44)40-28-16-8-12-24-34(28)42-36-26(38(24)46)14-10-18-30(36)48-22-4-2/h1-2,7-18H,5-6,19-22H2,(H,39,43)(H,40,44)(H,41,45)(H,42,46). The highest BCUT2D eigenvalue weighted by molar-refractivity contribution is 6.05. The maximum atomic E-state index is 13.3. The molecule has 0 radical (unpaired) electrons. The van der Waals surface area contributed by atoms with E-state index in [2.05, 4.69) is 32.4 Å². The van der Waals surface area contributed by atoms with Crippen LogP contribution in [0.5, 0.6) is 11.5 Å². The predicted octanol–water partition coefficient (Wildman–Crippen LogP) is 5.84. The van der Waals surface area contributed by atoms with Gasteiger partial charge in [-0.25, -0.2) is 0 Å². The Balaban J connectivity index is 1.11. The van der Waals surface area contributed by atoms with Gasteiger partial charge >= 0.3 is 0 Å². The molecule has 0 unspecified atom stereocenters. The average molecular weight is 639 g/mol. The minimum atomic E-state index is -0.262. The van der Waals surface area contributed by atoms with Crippen LogP contribution in [-0.4, -0.2) is 35.0 Å². The normalized spacial score (nSPS) is 10.9. The molecule has 4 aromatic carbocycles. The summed E-state index contributed by atoms with van der Waals surface area (Å²) in [7, 11) is 0. The number of H-pyrrole nitrogens is 2. The fourth-order valence-corrected chi connectivity index (χ4v) is 5.68. The number of carbonyl (C=O) groups excluding carboxylic acids is 2. The first-order chi connectivity index (χ1) is 23.4. The van der Waals surface area contributed by atoms with Gasteiger partial charge in [-0.05, 0) is 61.4 Å². The summed E-state index contributed by atoms with van der Waals surface area (Å²) in [6, 6.07) is 20.5. The number of benzene rings is 4. The van der Waals surface area contributed by atoms with Crippen molar-refractivity contribution in [3.8, 4) is 36.2 Å². The molecule has 0 aliphatic carbocycles. The number of fused-ring (bicyclic) bond motifs is 4. The van der Waals surface area contributed by atoms with Crippen molar-refractivity contribution in [3.63, 3.8) is 0 Å². The first-order valence-electron chi connectivity index (χ1n) is 15.3. The van der Waals surface area contributed by atoms with Gasteiger partial charge in [-0.2, -0.15) is 0 Å². The first-order valence-corrected chi connectivity index (χ1v) is 15.3. The number of aromatic amines is 2. The molecule has 10 heteroatoms. The summed E-state index contributed by atoms with van der Waals surface area (Å²) < 4.78 is 11.2. The van der Waals surface area contributed by atoms with Gasteiger partial charge in [0, 0.05) is 34.4 Å². The molecule has 0 saturated heterocycles. The summed E-state index contributed by atoms with van der Waals surface area (Å²) in [5.41, 5.74) is 2.40. The number of hydrogen-bond acceptors (Lipinski definition) is 6. The molecule has 0 saturated carbocycles. The van der Waals surface area contributed by atoms with Gasteiger partial charge in [-0.3, -0.25) is 19.2 Å². The second-order valence-corrected chi connectivity index (χ2v) is 11.0. The number of rotatable bonds is 11. The van der Waals surface area contributed by atoms with Crippen LogP contribution in [0.3, 0.4) is 0 Å². The number of ether oxygens (including phenoxy) is 2. The third-order valence-corrected chi connectivity index (χ3v) is 7.89. The van der Waals surface area contributed by atoms with E-state index in [1.807, 2.05) is 0 Å². The van der Waals surface area contributed by atoms with Gasteiger partial charge in [0.25, 0.3) is 0 Å². The van der Waals surface area contributed by atoms with Crippen LogP contribution in [0.25, 0.3) is 43.6 Å². The molecule has 0 aliphatic heterocycles. The first kappa shape index (κ1) is 31.5. The molecule has 10 nitrogen and oxygen atoms in total. The predicted molar refractivity (Wildman–Crippen MR) is 189 cm³/mol. The Kier molecular flexibility index (Phi) is 9.08. The van der Waals surface area contributed by atoms with Crippen molar-refractivity contribution in [1.29, 1.82) is 0 Å². The van der Waals surface area contributed by atoms with E-state index in [4.69, 9.17) is 22.3 Å². The molecule has 6 aromatic rings. The number of carbonyl (C=O) groups is 2. The SMILES string of the molecule is C#CCOc1cccc2c(=O)c3cccc(NC(=O)CCCCC(=O)Nc4cccc5c(=O)c6cccc(OCC#C)c6[nH]c45)c3[nH]c12. The summed E-state index contributed by atoms with van der Waals surface area (Å²) in [6.45, 7) is 0.0798. The van der Waals surface area contributed by atoms with Gasteiger partial charge in [0.15, 0.2) is 10.9 Å². The van der Waals surface area contributed by atoms with Crippen LogP contribution in [0.15, 0.2) is 82.4 Å². The van der Waals surface area contributed by atoms with Gasteiger partial charge in [0.1, 0.15) is 24.7 Å². The Morgan fingerprint density at radius 2 is 0.958 bits per heavy atom. The molecule has 48 heavy (non-hydrogen) atoms.